The summed E-state index contributed by atoms with van der Waals surface area (Å²) in [7, 11) is 1.47. The van der Waals surface area contributed by atoms with Crippen LogP contribution in [0.4, 0.5) is 0 Å². The third kappa shape index (κ3) is 2.37. The molecule has 0 bridgehead atoms. The first-order valence-corrected chi connectivity index (χ1v) is 4.70. The molecule has 1 heterocycles. The maximum Gasteiger partial charge on any atom is 0.267 e. The predicted molar refractivity (Wildman–Crippen MR) is 57.1 cm³/mol. The summed E-state index contributed by atoms with van der Waals surface area (Å²) in [4.78, 5) is 15.0. The van der Waals surface area contributed by atoms with Gasteiger partial charge in [-0.15, -0.1) is 0 Å². The molecule has 0 aliphatic carbocycles. The highest BCUT2D eigenvalue weighted by molar-refractivity contribution is 6.33. The zero-order chi connectivity index (χ0) is 11.4. The molecular weight excluding hydrogens is 218 g/mol. The smallest absolute Gasteiger partial charge is 0.267 e. The second-order valence-corrected chi connectivity index (χ2v) is 3.25. The van der Waals surface area contributed by atoms with Crippen LogP contribution in [0.3, 0.4) is 0 Å². The van der Waals surface area contributed by atoms with Crippen molar-refractivity contribution in [1.29, 1.82) is 0 Å². The molecule has 15 heavy (non-hydrogen) atoms. The Morgan fingerprint density at radius 2 is 2.33 bits per heavy atom. The van der Waals surface area contributed by atoms with E-state index in [-0.39, 0.29) is 5.69 Å². The van der Waals surface area contributed by atoms with E-state index in [4.69, 9.17) is 27.8 Å². The van der Waals surface area contributed by atoms with E-state index in [9.17, 15) is 4.79 Å². The van der Waals surface area contributed by atoms with Gasteiger partial charge in [0, 0.05) is 5.56 Å². The molecule has 6 heteroatoms. The number of nitrogens with two attached hydrogens (primary N) is 2. The fourth-order valence-electron chi connectivity index (χ4n) is 1.24. The Morgan fingerprint density at radius 1 is 1.67 bits per heavy atom. The summed E-state index contributed by atoms with van der Waals surface area (Å²) in [5, 5.41) is 0.340. The van der Waals surface area contributed by atoms with Crippen molar-refractivity contribution in [2.45, 2.75) is 6.42 Å². The predicted octanol–water partition coefficient (Wildman–Crippen LogP) is 0.344. The van der Waals surface area contributed by atoms with Crippen LogP contribution in [0.15, 0.2) is 6.20 Å². The van der Waals surface area contributed by atoms with Gasteiger partial charge in [0.15, 0.2) is 5.75 Å². The van der Waals surface area contributed by atoms with E-state index in [2.05, 4.69) is 4.98 Å². The van der Waals surface area contributed by atoms with E-state index in [1.807, 2.05) is 0 Å². The number of carbonyl (C=O) groups excluding carboxylic acids is 1. The quantitative estimate of drug-likeness (QED) is 0.779. The molecule has 0 aliphatic rings. The molecule has 4 N–H and O–H groups in total. The van der Waals surface area contributed by atoms with Crippen molar-refractivity contribution in [1.82, 2.24) is 4.98 Å². The molecule has 5 nitrogen and oxygen atoms in total. The fourth-order valence-corrected chi connectivity index (χ4v) is 1.55. The van der Waals surface area contributed by atoms with E-state index in [0.29, 0.717) is 29.3 Å². The highest BCUT2D eigenvalue weighted by Gasteiger charge is 2.16. The van der Waals surface area contributed by atoms with Gasteiger partial charge in [0.25, 0.3) is 5.91 Å². The Hall–Kier alpha value is -1.33. The number of halogens is 1. The lowest BCUT2D eigenvalue weighted by Gasteiger charge is -2.10. The van der Waals surface area contributed by atoms with Crippen LogP contribution in [0.2, 0.25) is 5.02 Å². The van der Waals surface area contributed by atoms with Crippen LogP contribution in [0.5, 0.6) is 5.75 Å². The molecule has 1 amide bonds. The summed E-state index contributed by atoms with van der Waals surface area (Å²) in [5.74, 6) is -0.215. The Bertz CT molecular complexity index is 382. The summed E-state index contributed by atoms with van der Waals surface area (Å²) in [6, 6.07) is 0. The normalized spacial score (nSPS) is 10.1. The molecule has 82 valence electrons. The standard InChI is InChI=1S/C9H12ClN3O2/c1-15-6-4-13-8(9(12)14)5(2-3-11)7(6)10/h4H,2-3,11H2,1H3,(H2,12,14). The van der Waals surface area contributed by atoms with Crippen molar-refractivity contribution in [3.63, 3.8) is 0 Å². The van der Waals surface area contributed by atoms with Crippen molar-refractivity contribution in [2.24, 2.45) is 11.5 Å². The minimum absolute atomic E-state index is 0.145. The Morgan fingerprint density at radius 3 is 2.80 bits per heavy atom. The van der Waals surface area contributed by atoms with Crippen LogP contribution in [0.1, 0.15) is 16.1 Å². The summed E-state index contributed by atoms with van der Waals surface area (Å²) in [6.45, 7) is 0.356. The van der Waals surface area contributed by atoms with Gasteiger partial charge in [0.05, 0.1) is 18.3 Å². The van der Waals surface area contributed by atoms with E-state index >= 15 is 0 Å². The van der Waals surface area contributed by atoms with Crippen LogP contribution in [-0.2, 0) is 6.42 Å². The molecular formula is C9H12ClN3O2. The molecule has 0 atom stereocenters. The minimum Gasteiger partial charge on any atom is -0.494 e. The van der Waals surface area contributed by atoms with Gasteiger partial charge in [-0.2, -0.15) is 0 Å². The number of primary amides is 1. The number of nitrogens with zero attached hydrogens (tertiary/aromatic N) is 1. The molecule has 1 aromatic heterocycles. The van der Waals surface area contributed by atoms with Gasteiger partial charge in [-0.25, -0.2) is 4.98 Å². The molecule has 0 aromatic carbocycles. The van der Waals surface area contributed by atoms with Crippen molar-refractivity contribution in [3.05, 3.63) is 22.5 Å². The van der Waals surface area contributed by atoms with E-state index < -0.39 is 5.91 Å². The monoisotopic (exact) mass is 229 g/mol. The zero-order valence-electron chi connectivity index (χ0n) is 8.29. The molecule has 0 saturated heterocycles. The number of rotatable bonds is 4. The molecule has 0 aliphatic heterocycles. The van der Waals surface area contributed by atoms with E-state index in [1.165, 1.54) is 13.3 Å². The van der Waals surface area contributed by atoms with Gasteiger partial charge < -0.3 is 16.2 Å². The van der Waals surface area contributed by atoms with Gasteiger partial charge in [-0.05, 0) is 13.0 Å². The van der Waals surface area contributed by atoms with E-state index in [1.54, 1.807) is 0 Å². The first kappa shape index (κ1) is 11.7. The number of methoxy groups -OCH3 is 1. The lowest BCUT2D eigenvalue weighted by Crippen LogP contribution is -2.18. The molecule has 0 unspecified atom stereocenters. The summed E-state index contributed by atoms with van der Waals surface area (Å²) in [5.41, 5.74) is 11.3. The maximum atomic E-state index is 11.1. The van der Waals surface area contributed by atoms with Gasteiger partial charge in [0.1, 0.15) is 5.69 Å². The Balaban J connectivity index is 3.30. The lowest BCUT2D eigenvalue weighted by atomic mass is 10.1. The van der Waals surface area contributed by atoms with Gasteiger partial charge >= 0.3 is 0 Å². The van der Waals surface area contributed by atoms with Crippen LogP contribution in [0.25, 0.3) is 0 Å². The van der Waals surface area contributed by atoms with Crippen molar-refractivity contribution >= 4 is 17.5 Å². The highest BCUT2D eigenvalue weighted by atomic mass is 35.5. The molecule has 0 spiro atoms. The van der Waals surface area contributed by atoms with E-state index in [0.717, 1.165) is 0 Å². The summed E-state index contributed by atoms with van der Waals surface area (Å²) >= 11 is 6.01. The number of ether oxygens (including phenoxy) is 1. The third-order valence-electron chi connectivity index (χ3n) is 1.93. The zero-order valence-corrected chi connectivity index (χ0v) is 9.04. The molecule has 1 aromatic rings. The molecule has 0 saturated carbocycles. The Kier molecular flexibility index (Phi) is 3.88. The highest BCUT2D eigenvalue weighted by Crippen LogP contribution is 2.29. The van der Waals surface area contributed by atoms with Crippen molar-refractivity contribution in [2.75, 3.05) is 13.7 Å². The number of amides is 1. The molecule has 0 radical (unpaired) electrons. The van der Waals surface area contributed by atoms with Crippen molar-refractivity contribution < 1.29 is 9.53 Å². The van der Waals surface area contributed by atoms with Crippen molar-refractivity contribution in [3.8, 4) is 5.75 Å². The topological polar surface area (TPSA) is 91.2 Å². The van der Waals surface area contributed by atoms with Gasteiger partial charge in [-0.1, -0.05) is 11.6 Å². The molecule has 0 fully saturated rings. The van der Waals surface area contributed by atoms with Gasteiger partial charge in [-0.3, -0.25) is 4.79 Å². The first-order valence-electron chi connectivity index (χ1n) is 4.33. The summed E-state index contributed by atoms with van der Waals surface area (Å²) < 4.78 is 4.98. The Labute approximate surface area is 92.4 Å². The third-order valence-corrected chi connectivity index (χ3v) is 2.34. The maximum absolute atomic E-state index is 11.1. The fraction of sp³-hybridized carbons (Fsp3) is 0.333. The second kappa shape index (κ2) is 4.95. The van der Waals surface area contributed by atoms with Crippen LogP contribution >= 0.6 is 11.6 Å². The first-order chi connectivity index (χ1) is 7.11. The molecule has 1 rings (SSSR count). The lowest BCUT2D eigenvalue weighted by molar-refractivity contribution is 0.0994. The van der Waals surface area contributed by atoms with Crippen LogP contribution in [0, 0.1) is 0 Å². The largest absolute Gasteiger partial charge is 0.494 e. The average molecular weight is 230 g/mol. The average Bonchev–Trinajstić information content (AvgIpc) is 2.20. The van der Waals surface area contributed by atoms with Crippen LogP contribution in [-0.4, -0.2) is 24.5 Å². The summed E-state index contributed by atoms with van der Waals surface area (Å²) in [6.07, 6.45) is 1.80. The number of aromatic nitrogens is 1. The number of hydrogen-bond donors (Lipinski definition) is 2. The van der Waals surface area contributed by atoms with Crippen LogP contribution < -0.4 is 16.2 Å². The van der Waals surface area contributed by atoms with Gasteiger partial charge in [0.2, 0.25) is 0 Å². The number of carbonyl (C=O) groups is 1. The SMILES string of the molecule is COc1cnc(C(N)=O)c(CCN)c1Cl. The second-order valence-electron chi connectivity index (χ2n) is 2.87. The number of pyridine rings is 1. The minimum atomic E-state index is -0.622. The number of hydrogen-bond acceptors (Lipinski definition) is 4.